The summed E-state index contributed by atoms with van der Waals surface area (Å²) in [5.41, 5.74) is 0. The van der Waals surface area contributed by atoms with Crippen LogP contribution in [0, 0.1) is 0 Å². The van der Waals surface area contributed by atoms with E-state index in [-0.39, 0.29) is 12.4 Å². The molecule has 0 aliphatic heterocycles. The zero-order valence-electron chi connectivity index (χ0n) is 8.22. The SMILES string of the molecule is CCOCn1cc[n+](C)c1/C=N\O.[Cl-]. The van der Waals surface area contributed by atoms with E-state index in [4.69, 9.17) is 9.94 Å². The number of aryl methyl sites for hydroxylation is 1. The van der Waals surface area contributed by atoms with E-state index in [1.54, 1.807) is 0 Å². The van der Waals surface area contributed by atoms with Gasteiger partial charge in [0.15, 0.2) is 12.9 Å². The Morgan fingerprint density at radius 2 is 2.43 bits per heavy atom. The van der Waals surface area contributed by atoms with Crippen LogP contribution in [-0.4, -0.2) is 22.6 Å². The van der Waals surface area contributed by atoms with Gasteiger partial charge in [-0.25, -0.2) is 9.13 Å². The normalized spacial score (nSPS) is 10.4. The first kappa shape index (κ1) is 12.9. The van der Waals surface area contributed by atoms with E-state index >= 15 is 0 Å². The van der Waals surface area contributed by atoms with Gasteiger partial charge < -0.3 is 22.4 Å². The third-order valence-corrected chi connectivity index (χ3v) is 1.73. The number of aromatic nitrogens is 2. The quantitative estimate of drug-likeness (QED) is 0.256. The van der Waals surface area contributed by atoms with Gasteiger partial charge in [-0.3, -0.25) is 0 Å². The van der Waals surface area contributed by atoms with Gasteiger partial charge in [0.05, 0.1) is 7.05 Å². The van der Waals surface area contributed by atoms with Crippen molar-refractivity contribution >= 4 is 6.21 Å². The van der Waals surface area contributed by atoms with Gasteiger partial charge >= 0.3 is 5.82 Å². The molecule has 0 aliphatic rings. The molecule has 0 amide bonds. The number of ether oxygens (including phenoxy) is 1. The average molecular weight is 220 g/mol. The molecular formula is C8H14ClN3O2. The maximum atomic E-state index is 8.41. The second-order valence-corrected chi connectivity index (χ2v) is 2.60. The molecule has 0 spiro atoms. The van der Waals surface area contributed by atoms with Crippen molar-refractivity contribution in [3.63, 3.8) is 0 Å². The van der Waals surface area contributed by atoms with Crippen molar-refractivity contribution in [1.29, 1.82) is 0 Å². The van der Waals surface area contributed by atoms with E-state index in [1.807, 2.05) is 35.5 Å². The molecular weight excluding hydrogens is 206 g/mol. The average Bonchev–Trinajstić information content (AvgIpc) is 2.46. The van der Waals surface area contributed by atoms with Crippen LogP contribution >= 0.6 is 0 Å². The highest BCUT2D eigenvalue weighted by Gasteiger charge is 2.11. The second-order valence-electron chi connectivity index (χ2n) is 2.60. The smallest absolute Gasteiger partial charge is 0.305 e. The Balaban J connectivity index is 0.00000169. The molecule has 0 saturated heterocycles. The fourth-order valence-corrected chi connectivity index (χ4v) is 1.05. The third kappa shape index (κ3) is 3.01. The predicted molar refractivity (Wildman–Crippen MR) is 46.6 cm³/mol. The standard InChI is InChI=1S/C8H13N3O2.ClH/c1-3-13-7-11-5-4-10(2)8(11)6-9-12;/h4-6H,3,7H2,1-2H3;1H. The summed E-state index contributed by atoms with van der Waals surface area (Å²) in [6.07, 6.45) is 5.11. The Bertz CT molecular complexity index is 299. The molecule has 1 aromatic heterocycles. The summed E-state index contributed by atoms with van der Waals surface area (Å²) in [4.78, 5) is 0. The lowest BCUT2D eigenvalue weighted by Gasteiger charge is -1.97. The fraction of sp³-hybridized carbons (Fsp3) is 0.500. The molecule has 0 aromatic carbocycles. The maximum absolute atomic E-state index is 8.41. The van der Waals surface area contributed by atoms with E-state index in [2.05, 4.69) is 5.16 Å². The minimum Gasteiger partial charge on any atom is -1.00 e. The Hall–Kier alpha value is -1.07. The van der Waals surface area contributed by atoms with Gasteiger partial charge in [-0.05, 0) is 6.92 Å². The van der Waals surface area contributed by atoms with Crippen LogP contribution in [0.15, 0.2) is 17.5 Å². The molecule has 0 radical (unpaired) electrons. The molecule has 0 atom stereocenters. The third-order valence-electron chi connectivity index (χ3n) is 1.73. The number of imidazole rings is 1. The molecule has 14 heavy (non-hydrogen) atoms. The number of hydrogen-bond donors (Lipinski definition) is 1. The molecule has 80 valence electrons. The summed E-state index contributed by atoms with van der Waals surface area (Å²) in [6, 6.07) is 0. The lowest BCUT2D eigenvalue weighted by Crippen LogP contribution is -3.00. The fourth-order valence-electron chi connectivity index (χ4n) is 1.05. The summed E-state index contributed by atoms with van der Waals surface area (Å²) in [6.45, 7) is 3.07. The van der Waals surface area contributed by atoms with E-state index in [0.717, 1.165) is 5.82 Å². The topological polar surface area (TPSA) is 50.6 Å². The van der Waals surface area contributed by atoms with Crippen LogP contribution in [0.4, 0.5) is 0 Å². The molecule has 0 saturated carbocycles. The number of hydrogen-bond acceptors (Lipinski definition) is 3. The van der Waals surface area contributed by atoms with Gasteiger partial charge in [-0.1, -0.05) is 5.16 Å². The summed E-state index contributed by atoms with van der Waals surface area (Å²) < 4.78 is 8.92. The lowest BCUT2D eigenvalue weighted by molar-refractivity contribution is -0.672. The van der Waals surface area contributed by atoms with Crippen LogP contribution in [0.2, 0.25) is 0 Å². The highest BCUT2D eigenvalue weighted by molar-refractivity contribution is 5.72. The Labute approximate surface area is 89.0 Å². The Morgan fingerprint density at radius 1 is 1.71 bits per heavy atom. The van der Waals surface area contributed by atoms with Gasteiger partial charge in [0.2, 0.25) is 0 Å². The minimum atomic E-state index is 0. The van der Waals surface area contributed by atoms with Crippen LogP contribution in [0.1, 0.15) is 12.7 Å². The van der Waals surface area contributed by atoms with Crippen molar-refractivity contribution in [2.45, 2.75) is 13.7 Å². The van der Waals surface area contributed by atoms with Crippen molar-refractivity contribution < 1.29 is 26.9 Å². The first-order chi connectivity index (χ1) is 6.29. The molecule has 0 bridgehead atoms. The van der Waals surface area contributed by atoms with Crippen molar-refractivity contribution in [2.75, 3.05) is 6.61 Å². The van der Waals surface area contributed by atoms with Crippen LogP contribution in [0.3, 0.4) is 0 Å². The zero-order chi connectivity index (χ0) is 9.68. The summed E-state index contributed by atoms with van der Waals surface area (Å²) in [5, 5.41) is 11.4. The minimum absolute atomic E-state index is 0. The number of nitrogens with zero attached hydrogens (tertiary/aromatic N) is 3. The summed E-state index contributed by atoms with van der Waals surface area (Å²) in [7, 11) is 1.87. The van der Waals surface area contributed by atoms with Crippen LogP contribution in [-0.2, 0) is 18.5 Å². The molecule has 5 nitrogen and oxygen atoms in total. The van der Waals surface area contributed by atoms with Crippen molar-refractivity contribution in [3.05, 3.63) is 18.2 Å². The van der Waals surface area contributed by atoms with E-state index in [1.165, 1.54) is 6.21 Å². The van der Waals surface area contributed by atoms with Gasteiger partial charge in [0, 0.05) is 6.61 Å². The molecule has 0 fully saturated rings. The monoisotopic (exact) mass is 219 g/mol. The van der Waals surface area contributed by atoms with E-state index in [0.29, 0.717) is 13.3 Å². The highest BCUT2D eigenvalue weighted by atomic mass is 35.5. The van der Waals surface area contributed by atoms with Gasteiger partial charge in [-0.15, -0.1) is 0 Å². The zero-order valence-corrected chi connectivity index (χ0v) is 8.98. The molecule has 1 aromatic rings. The second kappa shape index (κ2) is 6.39. The number of halogens is 1. The van der Waals surface area contributed by atoms with Crippen molar-refractivity contribution in [3.8, 4) is 0 Å². The van der Waals surface area contributed by atoms with E-state index < -0.39 is 0 Å². The van der Waals surface area contributed by atoms with Crippen molar-refractivity contribution in [2.24, 2.45) is 12.2 Å². The number of oxime groups is 1. The largest absolute Gasteiger partial charge is 1.00 e. The molecule has 0 unspecified atom stereocenters. The molecule has 1 N–H and O–H groups in total. The van der Waals surface area contributed by atoms with Crippen LogP contribution < -0.4 is 17.0 Å². The van der Waals surface area contributed by atoms with Gasteiger partial charge in [0.1, 0.15) is 12.4 Å². The number of rotatable bonds is 4. The van der Waals surface area contributed by atoms with Crippen molar-refractivity contribution in [1.82, 2.24) is 4.57 Å². The molecule has 1 rings (SSSR count). The maximum Gasteiger partial charge on any atom is 0.305 e. The van der Waals surface area contributed by atoms with E-state index in [9.17, 15) is 0 Å². The van der Waals surface area contributed by atoms with Crippen LogP contribution in [0.25, 0.3) is 0 Å². The van der Waals surface area contributed by atoms with Gasteiger partial charge in [-0.2, -0.15) is 0 Å². The van der Waals surface area contributed by atoms with Gasteiger partial charge in [0.25, 0.3) is 0 Å². The predicted octanol–water partition coefficient (Wildman–Crippen LogP) is -2.88. The molecule has 1 heterocycles. The van der Waals surface area contributed by atoms with Crippen LogP contribution in [0.5, 0.6) is 0 Å². The first-order valence-electron chi connectivity index (χ1n) is 4.09. The Kier molecular flexibility index (Phi) is 5.91. The summed E-state index contributed by atoms with van der Waals surface area (Å²) >= 11 is 0. The lowest BCUT2D eigenvalue weighted by atomic mass is 10.6. The Morgan fingerprint density at radius 3 is 3.00 bits per heavy atom. The first-order valence-corrected chi connectivity index (χ1v) is 4.09. The summed E-state index contributed by atoms with van der Waals surface area (Å²) in [5.74, 6) is 0.788. The molecule has 0 aliphatic carbocycles. The molecule has 6 heteroatoms. The highest BCUT2D eigenvalue weighted by Crippen LogP contribution is 1.92.